The van der Waals surface area contributed by atoms with E-state index in [2.05, 4.69) is 10.2 Å². The van der Waals surface area contributed by atoms with Gasteiger partial charge in [-0.05, 0) is 63.7 Å². The van der Waals surface area contributed by atoms with E-state index in [9.17, 15) is 9.59 Å². The molecule has 0 radical (unpaired) electrons. The fraction of sp³-hybridized carbons (Fsp3) is 0.476. The average Bonchev–Trinajstić information content (AvgIpc) is 3.22. The lowest BCUT2D eigenvalue weighted by Gasteiger charge is -2.16. The third kappa shape index (κ3) is 6.82. The van der Waals surface area contributed by atoms with Crippen molar-refractivity contribution < 1.29 is 14.3 Å². The normalized spacial score (nSPS) is 16.7. The van der Waals surface area contributed by atoms with E-state index in [-0.39, 0.29) is 17.9 Å². The maximum absolute atomic E-state index is 12.1. The first kappa shape index (κ1) is 19.9. The molecule has 0 bridgehead atoms. The number of carbonyl (C=O) groups excluding carboxylic acids is 2. The molecule has 1 aromatic heterocycles. The summed E-state index contributed by atoms with van der Waals surface area (Å²) in [6, 6.07) is 2.00. The highest BCUT2D eigenvalue weighted by Gasteiger charge is 2.17. The number of carbonyl (C=O) groups is 2. The van der Waals surface area contributed by atoms with E-state index in [1.807, 2.05) is 44.2 Å². The topological polar surface area (TPSA) is 72.1 Å². The molecular weight excluding hydrogens is 328 g/mol. The fourth-order valence-corrected chi connectivity index (χ4v) is 2.87. The number of nitrogens with zero attached hydrogens (tertiary/aromatic N) is 1. The standard InChI is InChI=1S/C21H28N2O3/c1-3-4-5-6-10-21(25)26-19(13-11-17-8-7-9-20(17)24)14-12-18-15-16(2)22-23-18/h3-4,7,9,11,15,19H,5-6,8,10,12-14H2,1-2H3,(H,22,23)/b4-3-,17-11+. The van der Waals surface area contributed by atoms with Gasteiger partial charge in [0.1, 0.15) is 6.10 Å². The van der Waals surface area contributed by atoms with Crippen molar-refractivity contribution >= 4 is 11.8 Å². The van der Waals surface area contributed by atoms with Crippen LogP contribution in [-0.4, -0.2) is 28.1 Å². The van der Waals surface area contributed by atoms with Gasteiger partial charge in [-0.3, -0.25) is 14.7 Å². The molecule has 5 heteroatoms. The number of H-pyrrole nitrogens is 1. The van der Waals surface area contributed by atoms with Crippen LogP contribution in [0.15, 0.2) is 42.0 Å². The minimum absolute atomic E-state index is 0.0596. The van der Waals surface area contributed by atoms with Gasteiger partial charge in [-0.1, -0.05) is 24.3 Å². The molecule has 1 atom stereocenters. The lowest BCUT2D eigenvalue weighted by Crippen LogP contribution is -2.19. The van der Waals surface area contributed by atoms with Crippen LogP contribution in [0.4, 0.5) is 0 Å². The molecular formula is C21H28N2O3. The highest BCUT2D eigenvalue weighted by Crippen LogP contribution is 2.18. The third-order valence-electron chi connectivity index (χ3n) is 4.32. The van der Waals surface area contributed by atoms with Crippen LogP contribution in [0, 0.1) is 6.92 Å². The smallest absolute Gasteiger partial charge is 0.306 e. The predicted octanol–water partition coefficient (Wildman–Crippen LogP) is 4.15. The third-order valence-corrected chi connectivity index (χ3v) is 4.32. The highest BCUT2D eigenvalue weighted by molar-refractivity contribution is 6.06. The van der Waals surface area contributed by atoms with Crippen molar-refractivity contribution in [2.45, 2.75) is 64.9 Å². The number of allylic oxidation sites excluding steroid dienone is 5. The van der Waals surface area contributed by atoms with Crippen molar-refractivity contribution in [3.63, 3.8) is 0 Å². The zero-order chi connectivity index (χ0) is 18.8. The van der Waals surface area contributed by atoms with Gasteiger partial charge in [0.15, 0.2) is 5.78 Å². The number of esters is 1. The van der Waals surface area contributed by atoms with Crippen LogP contribution < -0.4 is 0 Å². The summed E-state index contributed by atoms with van der Waals surface area (Å²) >= 11 is 0. The average molecular weight is 356 g/mol. The molecule has 0 fully saturated rings. The van der Waals surface area contributed by atoms with Gasteiger partial charge in [0.2, 0.25) is 0 Å². The quantitative estimate of drug-likeness (QED) is 0.296. The second-order valence-corrected chi connectivity index (χ2v) is 6.59. The first-order valence-corrected chi connectivity index (χ1v) is 9.30. The molecule has 1 aliphatic carbocycles. The van der Waals surface area contributed by atoms with Crippen LogP contribution >= 0.6 is 0 Å². The number of ether oxygens (including phenoxy) is 1. The van der Waals surface area contributed by atoms with Crippen LogP contribution in [0.1, 0.15) is 56.8 Å². The minimum Gasteiger partial charge on any atom is -0.462 e. The van der Waals surface area contributed by atoms with Crippen molar-refractivity contribution in [1.29, 1.82) is 0 Å². The Morgan fingerprint density at radius 3 is 2.96 bits per heavy atom. The number of hydrogen-bond donors (Lipinski definition) is 1. The maximum Gasteiger partial charge on any atom is 0.306 e. The molecule has 140 valence electrons. The summed E-state index contributed by atoms with van der Waals surface area (Å²) in [6.45, 7) is 3.93. The lowest BCUT2D eigenvalue weighted by atomic mass is 10.1. The molecule has 0 aromatic carbocycles. The SMILES string of the molecule is C/C=C\CCCC(=O)OC(C/C=C1\CC=CC1=O)CCc1cc(C)[nH]n1. The Bertz CT molecular complexity index is 698. The van der Waals surface area contributed by atoms with Gasteiger partial charge in [0, 0.05) is 18.5 Å². The van der Waals surface area contributed by atoms with E-state index in [0.717, 1.165) is 36.2 Å². The summed E-state index contributed by atoms with van der Waals surface area (Å²) in [5.74, 6) is -0.114. The molecule has 0 saturated heterocycles. The fourth-order valence-electron chi connectivity index (χ4n) is 2.87. The maximum atomic E-state index is 12.1. The van der Waals surface area contributed by atoms with Gasteiger partial charge < -0.3 is 4.74 Å². The Morgan fingerprint density at radius 1 is 1.46 bits per heavy atom. The van der Waals surface area contributed by atoms with E-state index >= 15 is 0 Å². The molecule has 0 spiro atoms. The molecule has 1 unspecified atom stereocenters. The number of aromatic amines is 1. The van der Waals surface area contributed by atoms with Crippen LogP contribution in [0.5, 0.6) is 0 Å². The summed E-state index contributed by atoms with van der Waals surface area (Å²) in [5, 5.41) is 7.16. The second kappa shape index (κ2) is 10.5. The van der Waals surface area contributed by atoms with Crippen LogP contribution in [0.2, 0.25) is 0 Å². The number of aromatic nitrogens is 2. The first-order valence-electron chi connectivity index (χ1n) is 9.30. The van der Waals surface area contributed by atoms with E-state index in [1.54, 1.807) is 6.08 Å². The second-order valence-electron chi connectivity index (χ2n) is 6.59. The van der Waals surface area contributed by atoms with Gasteiger partial charge in [0.25, 0.3) is 0 Å². The molecule has 26 heavy (non-hydrogen) atoms. The zero-order valence-corrected chi connectivity index (χ0v) is 15.7. The van der Waals surface area contributed by atoms with Crippen LogP contribution in [0.3, 0.4) is 0 Å². The van der Waals surface area contributed by atoms with Crippen molar-refractivity contribution in [1.82, 2.24) is 10.2 Å². The molecule has 1 aliphatic rings. The number of hydrogen-bond acceptors (Lipinski definition) is 4. The van der Waals surface area contributed by atoms with Crippen LogP contribution in [-0.2, 0) is 20.7 Å². The summed E-state index contributed by atoms with van der Waals surface area (Å²) in [4.78, 5) is 23.8. The van der Waals surface area contributed by atoms with Gasteiger partial charge in [-0.15, -0.1) is 0 Å². The molecule has 1 heterocycles. The lowest BCUT2D eigenvalue weighted by molar-refractivity contribution is -0.149. The number of unbranched alkanes of at least 4 members (excludes halogenated alkanes) is 1. The number of rotatable bonds is 10. The van der Waals surface area contributed by atoms with Crippen molar-refractivity contribution in [2.75, 3.05) is 0 Å². The first-order chi connectivity index (χ1) is 12.6. The largest absolute Gasteiger partial charge is 0.462 e. The van der Waals surface area contributed by atoms with Crippen molar-refractivity contribution in [3.8, 4) is 0 Å². The van der Waals surface area contributed by atoms with E-state index in [0.29, 0.717) is 25.7 Å². The number of ketones is 1. The Kier molecular flexibility index (Phi) is 8.06. The Morgan fingerprint density at radius 2 is 2.31 bits per heavy atom. The molecule has 1 N–H and O–H groups in total. The predicted molar refractivity (Wildman–Crippen MR) is 102 cm³/mol. The molecule has 0 amide bonds. The zero-order valence-electron chi connectivity index (χ0n) is 15.7. The van der Waals surface area contributed by atoms with Gasteiger partial charge in [-0.2, -0.15) is 5.10 Å². The Labute approximate surface area is 155 Å². The molecule has 5 nitrogen and oxygen atoms in total. The highest BCUT2D eigenvalue weighted by atomic mass is 16.5. The van der Waals surface area contributed by atoms with Crippen molar-refractivity contribution in [2.24, 2.45) is 0 Å². The van der Waals surface area contributed by atoms with Crippen molar-refractivity contribution in [3.05, 3.63) is 53.4 Å². The number of nitrogens with one attached hydrogen (secondary N) is 1. The van der Waals surface area contributed by atoms with E-state index < -0.39 is 0 Å². The minimum atomic E-state index is -0.234. The van der Waals surface area contributed by atoms with Gasteiger partial charge >= 0.3 is 5.97 Å². The number of aryl methyl sites for hydroxylation is 2. The van der Waals surface area contributed by atoms with E-state index in [4.69, 9.17) is 4.74 Å². The molecule has 0 aliphatic heterocycles. The summed E-state index contributed by atoms with van der Waals surface area (Å²) < 4.78 is 5.68. The summed E-state index contributed by atoms with van der Waals surface area (Å²) in [7, 11) is 0. The summed E-state index contributed by atoms with van der Waals surface area (Å²) in [5.41, 5.74) is 2.76. The molecule has 0 saturated carbocycles. The molecule has 1 aromatic rings. The van der Waals surface area contributed by atoms with E-state index in [1.165, 1.54) is 0 Å². The van der Waals surface area contributed by atoms with Gasteiger partial charge in [0.05, 0.1) is 5.69 Å². The Hall–Kier alpha value is -2.43. The summed E-state index contributed by atoms with van der Waals surface area (Å²) in [6.07, 6.45) is 13.9. The van der Waals surface area contributed by atoms with Crippen LogP contribution in [0.25, 0.3) is 0 Å². The monoisotopic (exact) mass is 356 g/mol. The Balaban J connectivity index is 1.89. The van der Waals surface area contributed by atoms with Gasteiger partial charge in [-0.25, -0.2) is 0 Å². The molecule has 2 rings (SSSR count).